The third-order valence-electron chi connectivity index (χ3n) is 2.77. The Hall–Kier alpha value is -1.00. The number of halogens is 1. The van der Waals surface area contributed by atoms with Crippen molar-refractivity contribution in [3.8, 4) is 0 Å². The summed E-state index contributed by atoms with van der Waals surface area (Å²) in [6.07, 6.45) is 0.756. The first-order valence-corrected chi connectivity index (χ1v) is 6.58. The number of hydrogen-bond acceptors (Lipinski definition) is 2. The number of nitrogens with zero attached hydrogens (tertiary/aromatic N) is 1. The van der Waals surface area contributed by atoms with E-state index in [9.17, 15) is 0 Å². The minimum absolute atomic E-state index is 0.684. The molecule has 0 aliphatic carbocycles. The van der Waals surface area contributed by atoms with E-state index >= 15 is 0 Å². The zero-order chi connectivity index (χ0) is 12.4. The second kappa shape index (κ2) is 5.10. The van der Waals surface area contributed by atoms with Crippen molar-refractivity contribution in [3.05, 3.63) is 56.0 Å². The van der Waals surface area contributed by atoms with E-state index in [4.69, 9.17) is 12.2 Å². The highest BCUT2D eigenvalue weighted by Gasteiger charge is 2.04. The third-order valence-corrected chi connectivity index (χ3v) is 3.94. The summed E-state index contributed by atoms with van der Waals surface area (Å²) in [6, 6.07) is 8.14. The summed E-state index contributed by atoms with van der Waals surface area (Å²) in [5.74, 6) is 0.907. The Morgan fingerprint density at radius 2 is 2.00 bits per heavy atom. The summed E-state index contributed by atoms with van der Waals surface area (Å²) in [6.45, 7) is 4.01. The van der Waals surface area contributed by atoms with E-state index in [2.05, 4.69) is 32.0 Å². The first-order chi connectivity index (χ1) is 8.08. The van der Waals surface area contributed by atoms with Crippen LogP contribution in [0, 0.1) is 18.5 Å². The first-order valence-electron chi connectivity index (χ1n) is 5.37. The fourth-order valence-corrected chi connectivity index (χ4v) is 2.30. The highest BCUT2D eigenvalue weighted by molar-refractivity contribution is 9.10. The molecule has 0 aliphatic heterocycles. The van der Waals surface area contributed by atoms with E-state index in [0.29, 0.717) is 4.64 Å². The van der Waals surface area contributed by atoms with Crippen LogP contribution in [0.4, 0.5) is 0 Å². The number of aromatic nitrogens is 2. The van der Waals surface area contributed by atoms with Gasteiger partial charge >= 0.3 is 0 Å². The molecule has 1 aromatic carbocycles. The Morgan fingerprint density at radius 1 is 1.29 bits per heavy atom. The Bertz CT molecular complexity index is 605. The molecule has 4 heteroatoms. The fraction of sp³-hybridized carbons (Fsp3) is 0.231. The predicted molar refractivity (Wildman–Crippen MR) is 75.8 cm³/mol. The second-order valence-corrected chi connectivity index (χ2v) is 5.25. The number of nitrogens with one attached hydrogen (secondary N) is 1. The smallest absolute Gasteiger partial charge is 0.132 e. The molecule has 17 heavy (non-hydrogen) atoms. The minimum Gasteiger partial charge on any atom is -0.347 e. The van der Waals surface area contributed by atoms with Gasteiger partial charge in [-0.15, -0.1) is 0 Å². The van der Waals surface area contributed by atoms with E-state index in [1.807, 2.05) is 32.0 Å². The highest BCUT2D eigenvalue weighted by Crippen LogP contribution is 2.18. The van der Waals surface area contributed by atoms with E-state index in [1.54, 1.807) is 0 Å². The molecular formula is C13H13BrN2S. The van der Waals surface area contributed by atoms with Crippen molar-refractivity contribution in [1.29, 1.82) is 0 Å². The number of H-pyrrole nitrogens is 1. The summed E-state index contributed by atoms with van der Waals surface area (Å²) in [7, 11) is 0. The molecule has 0 saturated carbocycles. The maximum atomic E-state index is 5.23. The van der Waals surface area contributed by atoms with Gasteiger partial charge in [0.25, 0.3) is 0 Å². The van der Waals surface area contributed by atoms with Gasteiger partial charge in [-0.2, -0.15) is 0 Å². The van der Waals surface area contributed by atoms with Crippen LogP contribution < -0.4 is 0 Å². The van der Waals surface area contributed by atoms with E-state index in [-0.39, 0.29) is 0 Å². The molecule has 1 aromatic heterocycles. The molecule has 1 heterocycles. The second-order valence-electron chi connectivity index (χ2n) is 4.01. The number of hydrogen-bond donors (Lipinski definition) is 1. The maximum absolute atomic E-state index is 5.23. The van der Waals surface area contributed by atoms with Crippen molar-refractivity contribution < 1.29 is 0 Å². The molecule has 0 fully saturated rings. The third kappa shape index (κ3) is 2.82. The largest absolute Gasteiger partial charge is 0.347 e. The molecule has 0 amide bonds. The average molecular weight is 309 g/mol. The van der Waals surface area contributed by atoms with Gasteiger partial charge in [0.2, 0.25) is 0 Å². The van der Waals surface area contributed by atoms with E-state index < -0.39 is 0 Å². The Balaban J connectivity index is 2.38. The van der Waals surface area contributed by atoms with Crippen molar-refractivity contribution in [3.63, 3.8) is 0 Å². The molecule has 0 aliphatic rings. The number of aryl methyl sites for hydroxylation is 1. The Kier molecular flexibility index (Phi) is 3.74. The molecule has 2 rings (SSSR count). The SMILES string of the molecule is Cc1[nH]c(Cc2ccccc2Br)nc(=S)c1C. The molecule has 2 aromatic rings. The monoisotopic (exact) mass is 308 g/mol. The molecule has 0 saturated heterocycles. The maximum Gasteiger partial charge on any atom is 0.132 e. The quantitative estimate of drug-likeness (QED) is 0.846. The van der Waals surface area contributed by atoms with Gasteiger partial charge in [0.1, 0.15) is 10.5 Å². The standard InChI is InChI=1S/C13H13BrN2S/c1-8-9(2)15-12(16-13(8)17)7-10-5-3-4-6-11(10)14/h3-6H,7H2,1-2H3,(H,15,16,17). The topological polar surface area (TPSA) is 28.7 Å². The van der Waals surface area contributed by atoms with Crippen LogP contribution in [0.1, 0.15) is 22.6 Å². The van der Waals surface area contributed by atoms with Gasteiger partial charge in [0.15, 0.2) is 0 Å². The average Bonchev–Trinajstić information content (AvgIpc) is 2.29. The van der Waals surface area contributed by atoms with Crippen molar-refractivity contribution in [2.24, 2.45) is 0 Å². The summed E-state index contributed by atoms with van der Waals surface area (Å²) < 4.78 is 1.78. The normalized spacial score (nSPS) is 10.5. The summed E-state index contributed by atoms with van der Waals surface area (Å²) in [5.41, 5.74) is 3.34. The lowest BCUT2D eigenvalue weighted by atomic mass is 10.1. The predicted octanol–water partition coefficient (Wildman–Crippen LogP) is 4.11. The summed E-state index contributed by atoms with van der Waals surface area (Å²) in [5, 5.41) is 0. The molecule has 2 nitrogen and oxygen atoms in total. The van der Waals surface area contributed by atoms with Gasteiger partial charge in [-0.05, 0) is 25.5 Å². The zero-order valence-electron chi connectivity index (χ0n) is 9.75. The van der Waals surface area contributed by atoms with Crippen LogP contribution in [0.2, 0.25) is 0 Å². The highest BCUT2D eigenvalue weighted by atomic mass is 79.9. The number of benzene rings is 1. The van der Waals surface area contributed by atoms with Gasteiger partial charge in [0.05, 0.1) is 0 Å². The van der Waals surface area contributed by atoms with Crippen molar-refractivity contribution >= 4 is 28.1 Å². The molecule has 0 atom stereocenters. The number of rotatable bonds is 2. The molecule has 1 N–H and O–H groups in total. The van der Waals surface area contributed by atoms with Crippen LogP contribution in [-0.2, 0) is 6.42 Å². The lowest BCUT2D eigenvalue weighted by Crippen LogP contribution is -2.01. The summed E-state index contributed by atoms with van der Waals surface area (Å²) >= 11 is 8.77. The van der Waals surface area contributed by atoms with Crippen molar-refractivity contribution in [2.45, 2.75) is 20.3 Å². The van der Waals surface area contributed by atoms with Gasteiger partial charge in [-0.25, -0.2) is 4.98 Å². The van der Waals surface area contributed by atoms with Gasteiger partial charge in [-0.3, -0.25) is 0 Å². The van der Waals surface area contributed by atoms with Crippen LogP contribution in [0.5, 0.6) is 0 Å². The van der Waals surface area contributed by atoms with Crippen LogP contribution in [-0.4, -0.2) is 9.97 Å². The lowest BCUT2D eigenvalue weighted by molar-refractivity contribution is 0.916. The van der Waals surface area contributed by atoms with Gasteiger partial charge in [-0.1, -0.05) is 46.3 Å². The van der Waals surface area contributed by atoms with Crippen molar-refractivity contribution in [1.82, 2.24) is 9.97 Å². The van der Waals surface area contributed by atoms with Crippen LogP contribution in [0.15, 0.2) is 28.7 Å². The lowest BCUT2D eigenvalue weighted by Gasteiger charge is -2.07. The van der Waals surface area contributed by atoms with Crippen molar-refractivity contribution in [2.75, 3.05) is 0 Å². The molecule has 0 unspecified atom stereocenters. The van der Waals surface area contributed by atoms with Crippen LogP contribution in [0.25, 0.3) is 0 Å². The van der Waals surface area contributed by atoms with E-state index in [1.165, 1.54) is 5.56 Å². The first kappa shape index (κ1) is 12.5. The van der Waals surface area contributed by atoms with E-state index in [0.717, 1.165) is 28.0 Å². The summed E-state index contributed by atoms with van der Waals surface area (Å²) in [4.78, 5) is 7.70. The number of aromatic amines is 1. The Labute approximate surface area is 114 Å². The molecule has 0 bridgehead atoms. The zero-order valence-corrected chi connectivity index (χ0v) is 12.2. The minimum atomic E-state index is 0.684. The van der Waals surface area contributed by atoms with Crippen LogP contribution in [0.3, 0.4) is 0 Å². The van der Waals surface area contributed by atoms with Gasteiger partial charge in [0, 0.05) is 22.2 Å². The van der Waals surface area contributed by atoms with Crippen LogP contribution >= 0.6 is 28.1 Å². The molecular weight excluding hydrogens is 296 g/mol. The Morgan fingerprint density at radius 3 is 2.65 bits per heavy atom. The van der Waals surface area contributed by atoms with Gasteiger partial charge < -0.3 is 4.98 Å². The molecule has 0 spiro atoms. The fourth-order valence-electron chi connectivity index (χ4n) is 1.61. The molecule has 0 radical (unpaired) electrons. The molecule has 88 valence electrons.